The van der Waals surface area contributed by atoms with Gasteiger partial charge in [-0.2, -0.15) is 5.26 Å². The summed E-state index contributed by atoms with van der Waals surface area (Å²) in [6.07, 6.45) is 0. The fraction of sp³-hybridized carbons (Fsp3) is 0.455. The van der Waals surface area contributed by atoms with Crippen LogP contribution in [0.1, 0.15) is 11.3 Å². The van der Waals surface area contributed by atoms with Crippen LogP contribution in [-0.4, -0.2) is 44.1 Å². The van der Waals surface area contributed by atoms with Gasteiger partial charge in [0.15, 0.2) is 0 Å². The first kappa shape index (κ1) is 14.4. The van der Waals surface area contributed by atoms with Crippen LogP contribution in [0.2, 0.25) is 0 Å². The molecule has 6 nitrogen and oxygen atoms in total. The van der Waals surface area contributed by atoms with Crippen LogP contribution in [0, 0.1) is 18.3 Å². The van der Waals surface area contributed by atoms with Gasteiger partial charge in [0.05, 0.1) is 17.4 Å². The number of aromatic nitrogens is 1. The summed E-state index contributed by atoms with van der Waals surface area (Å²) in [4.78, 5) is 4.18. The standard InChI is InChI=1S/C11H16N4O2S/c1-9-6-10(8-12)7-11(14-9)13-4-5-18(16,17)15(2)3/h6-7H,4-5H2,1-3H3,(H,13,14). The Labute approximate surface area is 107 Å². The molecule has 1 rings (SSSR count). The maximum Gasteiger partial charge on any atom is 0.215 e. The van der Waals surface area contributed by atoms with Gasteiger partial charge in [-0.1, -0.05) is 0 Å². The topological polar surface area (TPSA) is 86.1 Å². The number of pyridine rings is 1. The van der Waals surface area contributed by atoms with Crippen LogP contribution in [0.3, 0.4) is 0 Å². The summed E-state index contributed by atoms with van der Waals surface area (Å²) in [5, 5.41) is 11.7. The molecule has 0 amide bonds. The molecule has 0 aliphatic rings. The maximum absolute atomic E-state index is 11.5. The molecule has 0 saturated carbocycles. The monoisotopic (exact) mass is 268 g/mol. The average molecular weight is 268 g/mol. The lowest BCUT2D eigenvalue weighted by Crippen LogP contribution is -2.28. The van der Waals surface area contributed by atoms with Gasteiger partial charge in [-0.3, -0.25) is 0 Å². The van der Waals surface area contributed by atoms with E-state index in [0.29, 0.717) is 17.1 Å². The Balaban J connectivity index is 2.66. The maximum atomic E-state index is 11.5. The van der Waals surface area contributed by atoms with Gasteiger partial charge in [-0.05, 0) is 19.1 Å². The zero-order chi connectivity index (χ0) is 13.8. The molecule has 0 aromatic carbocycles. The van der Waals surface area contributed by atoms with Crippen LogP contribution in [0.15, 0.2) is 12.1 Å². The number of sulfonamides is 1. The van der Waals surface area contributed by atoms with Crippen molar-refractivity contribution in [2.24, 2.45) is 0 Å². The second-order valence-electron chi connectivity index (χ2n) is 4.02. The molecule has 0 radical (unpaired) electrons. The van der Waals surface area contributed by atoms with Crippen LogP contribution >= 0.6 is 0 Å². The number of rotatable bonds is 5. The normalized spacial score (nSPS) is 11.3. The number of nitrogens with one attached hydrogen (secondary N) is 1. The predicted molar refractivity (Wildman–Crippen MR) is 69.7 cm³/mol. The first-order chi connectivity index (χ1) is 8.35. The van der Waals surface area contributed by atoms with Crippen molar-refractivity contribution in [1.29, 1.82) is 5.26 Å². The molecule has 0 unspecified atom stereocenters. The molecule has 98 valence electrons. The second kappa shape index (κ2) is 5.80. The average Bonchev–Trinajstić information content (AvgIpc) is 2.27. The van der Waals surface area contributed by atoms with Gasteiger partial charge in [0, 0.05) is 26.3 Å². The lowest BCUT2D eigenvalue weighted by Gasteiger charge is -2.12. The Bertz CT molecular complexity index is 561. The third kappa shape index (κ3) is 3.98. The van der Waals surface area contributed by atoms with E-state index in [-0.39, 0.29) is 12.3 Å². The molecule has 0 aliphatic heterocycles. The highest BCUT2D eigenvalue weighted by Crippen LogP contribution is 2.09. The van der Waals surface area contributed by atoms with Gasteiger partial charge >= 0.3 is 0 Å². The number of hydrogen-bond donors (Lipinski definition) is 1. The largest absolute Gasteiger partial charge is 0.369 e. The Morgan fingerprint density at radius 3 is 2.67 bits per heavy atom. The fourth-order valence-corrected chi connectivity index (χ4v) is 2.04. The molecule has 1 heterocycles. The Kier molecular flexibility index (Phi) is 4.64. The van der Waals surface area contributed by atoms with Crippen molar-refractivity contribution in [2.75, 3.05) is 31.7 Å². The van der Waals surface area contributed by atoms with Gasteiger partial charge < -0.3 is 5.32 Å². The second-order valence-corrected chi connectivity index (χ2v) is 6.32. The van der Waals surface area contributed by atoms with Crippen LogP contribution < -0.4 is 5.32 Å². The quantitative estimate of drug-likeness (QED) is 0.843. The van der Waals surface area contributed by atoms with Crippen LogP contribution in [0.5, 0.6) is 0 Å². The van der Waals surface area contributed by atoms with Crippen LogP contribution in [-0.2, 0) is 10.0 Å². The third-order valence-electron chi connectivity index (χ3n) is 2.30. The summed E-state index contributed by atoms with van der Waals surface area (Å²) in [6, 6.07) is 5.29. The van der Waals surface area contributed by atoms with E-state index in [9.17, 15) is 8.42 Å². The number of nitriles is 1. The van der Waals surface area contributed by atoms with Crippen LogP contribution in [0.4, 0.5) is 5.82 Å². The van der Waals surface area contributed by atoms with E-state index < -0.39 is 10.0 Å². The summed E-state index contributed by atoms with van der Waals surface area (Å²) < 4.78 is 24.2. The number of anilines is 1. The van der Waals surface area contributed by atoms with Crippen molar-refractivity contribution >= 4 is 15.8 Å². The molecule has 1 aromatic rings. The smallest absolute Gasteiger partial charge is 0.215 e. The van der Waals surface area contributed by atoms with Gasteiger partial charge in [-0.25, -0.2) is 17.7 Å². The first-order valence-electron chi connectivity index (χ1n) is 5.38. The van der Waals surface area contributed by atoms with Crippen molar-refractivity contribution in [3.8, 4) is 6.07 Å². The molecular weight excluding hydrogens is 252 g/mol. The van der Waals surface area contributed by atoms with Gasteiger partial charge in [0.1, 0.15) is 5.82 Å². The molecule has 0 fully saturated rings. The summed E-state index contributed by atoms with van der Waals surface area (Å²) in [5.74, 6) is 0.498. The van der Waals surface area contributed by atoms with Crippen LogP contribution in [0.25, 0.3) is 0 Å². The van der Waals surface area contributed by atoms with Crippen molar-refractivity contribution in [2.45, 2.75) is 6.92 Å². The molecule has 0 spiro atoms. The van der Waals surface area contributed by atoms with Crippen molar-refractivity contribution in [3.63, 3.8) is 0 Å². The minimum atomic E-state index is -3.22. The molecule has 0 bridgehead atoms. The third-order valence-corrected chi connectivity index (χ3v) is 4.14. The van der Waals surface area contributed by atoms with Gasteiger partial charge in [0.2, 0.25) is 10.0 Å². The molecule has 1 aromatic heterocycles. The summed E-state index contributed by atoms with van der Waals surface area (Å²) >= 11 is 0. The van der Waals surface area contributed by atoms with E-state index in [1.165, 1.54) is 18.4 Å². The number of aryl methyl sites for hydroxylation is 1. The van der Waals surface area contributed by atoms with Crippen molar-refractivity contribution < 1.29 is 8.42 Å². The summed E-state index contributed by atoms with van der Waals surface area (Å²) in [6.45, 7) is 2.03. The lowest BCUT2D eigenvalue weighted by atomic mass is 10.2. The summed E-state index contributed by atoms with van der Waals surface area (Å²) in [5.41, 5.74) is 1.22. The zero-order valence-corrected chi connectivity index (χ0v) is 11.5. The number of nitrogens with zero attached hydrogens (tertiary/aromatic N) is 3. The minimum absolute atomic E-state index is 0.0164. The molecule has 7 heteroatoms. The molecule has 0 aliphatic carbocycles. The van der Waals surface area contributed by atoms with Crippen molar-refractivity contribution in [3.05, 3.63) is 23.4 Å². The minimum Gasteiger partial charge on any atom is -0.369 e. The Morgan fingerprint density at radius 1 is 1.44 bits per heavy atom. The highest BCUT2D eigenvalue weighted by molar-refractivity contribution is 7.89. The van der Waals surface area contributed by atoms with Gasteiger partial charge in [-0.15, -0.1) is 0 Å². The van der Waals surface area contributed by atoms with Crippen molar-refractivity contribution in [1.82, 2.24) is 9.29 Å². The number of hydrogen-bond acceptors (Lipinski definition) is 5. The first-order valence-corrected chi connectivity index (χ1v) is 6.99. The highest BCUT2D eigenvalue weighted by Gasteiger charge is 2.12. The van der Waals surface area contributed by atoms with Gasteiger partial charge in [0.25, 0.3) is 0 Å². The molecule has 0 saturated heterocycles. The van der Waals surface area contributed by atoms with E-state index >= 15 is 0 Å². The Morgan fingerprint density at radius 2 is 2.11 bits per heavy atom. The molecule has 18 heavy (non-hydrogen) atoms. The lowest BCUT2D eigenvalue weighted by molar-refractivity contribution is 0.521. The molecule has 0 atom stereocenters. The SMILES string of the molecule is Cc1cc(C#N)cc(NCCS(=O)(=O)N(C)C)n1. The predicted octanol–water partition coefficient (Wildman–Crippen LogP) is 0.565. The van der Waals surface area contributed by atoms with E-state index in [1.807, 2.05) is 6.07 Å². The van der Waals surface area contributed by atoms with E-state index in [4.69, 9.17) is 5.26 Å². The summed E-state index contributed by atoms with van der Waals surface area (Å²) in [7, 11) is -0.228. The zero-order valence-electron chi connectivity index (χ0n) is 10.6. The molecule has 1 N–H and O–H groups in total. The fourth-order valence-electron chi connectivity index (χ4n) is 1.31. The van der Waals surface area contributed by atoms with E-state index in [1.54, 1.807) is 19.1 Å². The van der Waals surface area contributed by atoms with E-state index in [0.717, 1.165) is 0 Å². The van der Waals surface area contributed by atoms with E-state index in [2.05, 4.69) is 10.3 Å². The highest BCUT2D eigenvalue weighted by atomic mass is 32.2. The Hall–Kier alpha value is -1.65. The molecular formula is C11H16N4O2S.